The average Bonchev–Trinajstić information content (AvgIpc) is 1.59. The minimum atomic E-state index is -0.219. The van der Waals surface area contributed by atoms with Crippen LogP contribution in [-0.2, 0) is 9.53 Å². The van der Waals surface area contributed by atoms with Crippen LogP contribution in [0.3, 0.4) is 0 Å². The summed E-state index contributed by atoms with van der Waals surface area (Å²) in [5.74, 6) is -0.219. The number of quaternary nitrogens is 1. The first-order valence-corrected chi connectivity index (χ1v) is 2.85. The van der Waals surface area contributed by atoms with E-state index in [0.717, 1.165) is 0 Å². The van der Waals surface area contributed by atoms with E-state index in [-0.39, 0.29) is 5.97 Å². The van der Waals surface area contributed by atoms with Crippen molar-refractivity contribution in [2.24, 2.45) is 0 Å². The number of carbonyl (C=O) groups excluding carboxylic acids is 1. The predicted octanol–water partition coefficient (Wildman–Crippen LogP) is 0.213. The van der Waals surface area contributed by atoms with Gasteiger partial charge < -0.3 is 4.74 Å². The minimum absolute atomic E-state index is 0.219. The molecule has 0 N–H and O–H groups in total. The Balaban J connectivity index is 3.39. The van der Waals surface area contributed by atoms with Gasteiger partial charge in [0, 0.05) is 6.92 Å². The van der Waals surface area contributed by atoms with E-state index < -0.39 is 0 Å². The lowest BCUT2D eigenvalue weighted by Crippen LogP contribution is -2.37. The van der Waals surface area contributed by atoms with Gasteiger partial charge in [-0.3, -0.25) is 9.28 Å². The Labute approximate surface area is 55.8 Å². The molecule has 3 heteroatoms. The molecule has 9 heavy (non-hydrogen) atoms. The molecule has 0 amide bonds. The van der Waals surface area contributed by atoms with Gasteiger partial charge >= 0.3 is 5.97 Å². The van der Waals surface area contributed by atoms with Gasteiger partial charge in [-0.15, -0.1) is 0 Å². The Morgan fingerprint density at radius 2 is 1.89 bits per heavy atom. The second kappa shape index (κ2) is 2.82. The Bertz CT molecular complexity index is 104. The molecule has 0 spiro atoms. The van der Waals surface area contributed by atoms with E-state index in [1.54, 1.807) is 0 Å². The van der Waals surface area contributed by atoms with E-state index in [1.165, 1.54) is 6.92 Å². The molecule has 0 rings (SSSR count). The molecule has 0 aromatic rings. The van der Waals surface area contributed by atoms with Gasteiger partial charge in [0.05, 0.1) is 21.1 Å². The van der Waals surface area contributed by atoms with E-state index in [4.69, 9.17) is 4.74 Å². The first-order valence-electron chi connectivity index (χ1n) is 2.85. The Morgan fingerprint density at radius 1 is 1.44 bits per heavy atom. The van der Waals surface area contributed by atoms with Crippen molar-refractivity contribution in [3.63, 3.8) is 0 Å². The average molecular weight is 132 g/mol. The smallest absolute Gasteiger partial charge is 0.306 e. The van der Waals surface area contributed by atoms with Gasteiger partial charge in [0.25, 0.3) is 0 Å². The van der Waals surface area contributed by atoms with Crippen LogP contribution in [0.1, 0.15) is 6.92 Å². The fraction of sp³-hybridized carbons (Fsp3) is 0.833. The highest BCUT2D eigenvalue weighted by Gasteiger charge is 2.06. The molecular formula is C6H14NO2+. The predicted molar refractivity (Wildman–Crippen MR) is 34.7 cm³/mol. The van der Waals surface area contributed by atoms with Crippen LogP contribution in [0.2, 0.25) is 0 Å². The molecular weight excluding hydrogens is 118 g/mol. The fourth-order valence-electron chi connectivity index (χ4n) is 0.285. The van der Waals surface area contributed by atoms with Gasteiger partial charge in [-0.1, -0.05) is 0 Å². The number of nitrogens with zero attached hydrogens (tertiary/aromatic N) is 1. The number of hydrogen-bond donors (Lipinski definition) is 0. The van der Waals surface area contributed by atoms with Crippen molar-refractivity contribution in [1.29, 1.82) is 0 Å². The highest BCUT2D eigenvalue weighted by molar-refractivity contribution is 5.65. The number of ether oxygens (including phenoxy) is 1. The van der Waals surface area contributed by atoms with Crippen molar-refractivity contribution in [3.8, 4) is 0 Å². The van der Waals surface area contributed by atoms with Crippen LogP contribution >= 0.6 is 0 Å². The van der Waals surface area contributed by atoms with Crippen LogP contribution in [0.15, 0.2) is 0 Å². The summed E-state index contributed by atoms with van der Waals surface area (Å²) >= 11 is 0. The molecule has 0 aliphatic rings. The number of esters is 1. The topological polar surface area (TPSA) is 26.3 Å². The zero-order valence-corrected chi connectivity index (χ0v) is 6.47. The first kappa shape index (κ1) is 8.43. The van der Waals surface area contributed by atoms with Crippen molar-refractivity contribution in [2.45, 2.75) is 6.92 Å². The third-order valence-corrected chi connectivity index (χ3v) is 0.655. The Kier molecular flexibility index (Phi) is 2.65. The van der Waals surface area contributed by atoms with Crippen LogP contribution in [0.4, 0.5) is 0 Å². The second-order valence-corrected chi connectivity index (χ2v) is 3.06. The standard InChI is InChI=1S/C6H14NO2/c1-6(8)9-5-7(2,3)4/h5H2,1-4H3/q+1. The maximum atomic E-state index is 10.3. The molecule has 3 nitrogen and oxygen atoms in total. The molecule has 0 aromatic heterocycles. The summed E-state index contributed by atoms with van der Waals surface area (Å²) in [6.07, 6.45) is 0. The van der Waals surface area contributed by atoms with Crippen molar-refractivity contribution < 1.29 is 14.0 Å². The summed E-state index contributed by atoms with van der Waals surface area (Å²) in [5.41, 5.74) is 0. The van der Waals surface area contributed by atoms with Gasteiger partial charge in [-0.25, -0.2) is 0 Å². The summed E-state index contributed by atoms with van der Waals surface area (Å²) in [4.78, 5) is 10.3. The molecule has 0 saturated carbocycles. The lowest BCUT2D eigenvalue weighted by atomic mass is 10.7. The normalized spacial score (nSPS) is 11.1. The van der Waals surface area contributed by atoms with E-state index in [0.29, 0.717) is 11.2 Å². The van der Waals surface area contributed by atoms with Gasteiger partial charge in [0.15, 0.2) is 0 Å². The minimum Gasteiger partial charge on any atom is -0.415 e. The molecule has 54 valence electrons. The second-order valence-electron chi connectivity index (χ2n) is 3.06. The zero-order chi connectivity index (χ0) is 7.49. The fourth-order valence-corrected chi connectivity index (χ4v) is 0.285. The zero-order valence-electron chi connectivity index (χ0n) is 6.47. The molecule has 0 aliphatic carbocycles. The highest BCUT2D eigenvalue weighted by atomic mass is 16.5. The van der Waals surface area contributed by atoms with Gasteiger partial charge in [0.1, 0.15) is 0 Å². The van der Waals surface area contributed by atoms with E-state index in [9.17, 15) is 4.79 Å². The van der Waals surface area contributed by atoms with E-state index >= 15 is 0 Å². The molecule has 0 fully saturated rings. The quantitative estimate of drug-likeness (QED) is 0.305. The summed E-state index contributed by atoms with van der Waals surface area (Å²) < 4.78 is 5.39. The van der Waals surface area contributed by atoms with Gasteiger partial charge in [0.2, 0.25) is 6.73 Å². The van der Waals surface area contributed by atoms with Crippen molar-refractivity contribution in [2.75, 3.05) is 27.9 Å². The third-order valence-electron chi connectivity index (χ3n) is 0.655. The first-order chi connectivity index (χ1) is 3.92. The molecule has 0 atom stereocenters. The maximum Gasteiger partial charge on any atom is 0.306 e. The molecule has 0 saturated heterocycles. The largest absolute Gasteiger partial charge is 0.415 e. The molecule has 0 bridgehead atoms. The van der Waals surface area contributed by atoms with Crippen LogP contribution < -0.4 is 0 Å². The van der Waals surface area contributed by atoms with Crippen LogP contribution in [0.25, 0.3) is 0 Å². The summed E-state index contributed by atoms with van der Waals surface area (Å²) in [6, 6.07) is 0. The van der Waals surface area contributed by atoms with E-state index in [2.05, 4.69) is 0 Å². The lowest BCUT2D eigenvalue weighted by molar-refractivity contribution is -0.888. The highest BCUT2D eigenvalue weighted by Crippen LogP contribution is 1.89. The van der Waals surface area contributed by atoms with Gasteiger partial charge in [-0.05, 0) is 0 Å². The third kappa shape index (κ3) is 7.43. The molecule has 0 aliphatic heterocycles. The van der Waals surface area contributed by atoms with Gasteiger partial charge in [-0.2, -0.15) is 0 Å². The number of carbonyl (C=O) groups is 1. The van der Waals surface area contributed by atoms with Crippen molar-refractivity contribution >= 4 is 5.97 Å². The molecule has 0 unspecified atom stereocenters. The lowest BCUT2D eigenvalue weighted by Gasteiger charge is -2.22. The Hall–Kier alpha value is -0.570. The number of rotatable bonds is 2. The summed E-state index contributed by atoms with van der Waals surface area (Å²) in [5, 5.41) is 0. The Morgan fingerprint density at radius 3 is 2.00 bits per heavy atom. The van der Waals surface area contributed by atoms with Crippen LogP contribution in [0, 0.1) is 0 Å². The van der Waals surface area contributed by atoms with Crippen molar-refractivity contribution in [1.82, 2.24) is 0 Å². The molecule has 0 heterocycles. The van der Waals surface area contributed by atoms with E-state index in [1.807, 2.05) is 21.1 Å². The monoisotopic (exact) mass is 132 g/mol. The molecule has 0 radical (unpaired) electrons. The van der Waals surface area contributed by atoms with Crippen LogP contribution in [0.5, 0.6) is 0 Å². The summed E-state index contributed by atoms with van der Waals surface area (Å²) in [6.45, 7) is 1.85. The summed E-state index contributed by atoms with van der Waals surface area (Å²) in [7, 11) is 5.88. The SMILES string of the molecule is CC(=O)OC[N+](C)(C)C. The van der Waals surface area contributed by atoms with Crippen molar-refractivity contribution in [3.05, 3.63) is 0 Å². The van der Waals surface area contributed by atoms with Crippen LogP contribution in [-0.4, -0.2) is 38.3 Å². The molecule has 0 aromatic carbocycles. The maximum absolute atomic E-state index is 10.3. The number of hydrogen-bond acceptors (Lipinski definition) is 2.